The van der Waals surface area contributed by atoms with Crippen molar-refractivity contribution in [3.63, 3.8) is 0 Å². The van der Waals surface area contributed by atoms with Crippen LogP contribution in [0.4, 0.5) is 0 Å². The van der Waals surface area contributed by atoms with E-state index in [1.54, 1.807) is 28.3 Å². The number of sulfonamides is 1. The summed E-state index contributed by atoms with van der Waals surface area (Å²) in [4.78, 5) is 29.3. The molecule has 22 heavy (non-hydrogen) atoms. The maximum Gasteiger partial charge on any atom is 0.263 e. The summed E-state index contributed by atoms with van der Waals surface area (Å²) in [5, 5.41) is 0. The highest BCUT2D eigenvalue weighted by Crippen LogP contribution is 2.14. The quantitative estimate of drug-likeness (QED) is 0.650. The molecule has 2 N–H and O–H groups in total. The van der Waals surface area contributed by atoms with Crippen LogP contribution in [-0.4, -0.2) is 55.9 Å². The summed E-state index contributed by atoms with van der Waals surface area (Å²) >= 11 is 0. The molecule has 0 bridgehead atoms. The van der Waals surface area contributed by atoms with E-state index in [1.807, 2.05) is 4.83 Å². The number of hydrazine groups is 1. The van der Waals surface area contributed by atoms with Gasteiger partial charge in [0.25, 0.3) is 5.91 Å². The second-order valence-electron chi connectivity index (χ2n) is 5.33. The Morgan fingerprint density at radius 3 is 2.59 bits per heavy atom. The zero-order valence-electron chi connectivity index (χ0n) is 12.4. The number of nitrogens with one attached hydrogen (secondary N) is 2. The average molecular weight is 328 g/mol. The van der Waals surface area contributed by atoms with Crippen molar-refractivity contribution in [3.8, 4) is 0 Å². The summed E-state index contributed by atoms with van der Waals surface area (Å²) in [7, 11) is -3.50. The summed E-state index contributed by atoms with van der Waals surface area (Å²) in [5.74, 6) is -0.511. The molecule has 0 atom stereocenters. The molecule has 1 saturated heterocycles. The largest absolute Gasteiger partial charge is 0.345 e. The van der Waals surface area contributed by atoms with E-state index in [4.69, 9.17) is 0 Å². The first kappa shape index (κ1) is 16.5. The summed E-state index contributed by atoms with van der Waals surface area (Å²) < 4.78 is 21.9. The van der Waals surface area contributed by atoms with Crippen LogP contribution in [0, 0.1) is 0 Å². The maximum absolute atomic E-state index is 12.1. The number of likely N-dealkylation sites (tertiary alicyclic amines) is 1. The van der Waals surface area contributed by atoms with Gasteiger partial charge in [0.1, 0.15) is 6.54 Å². The number of nitrogens with zero attached hydrogens (tertiary/aromatic N) is 2. The lowest BCUT2D eigenvalue weighted by Gasteiger charge is -2.23. The predicted octanol–water partition coefficient (Wildman–Crippen LogP) is -0.707. The number of carbonyl (C=O) groups excluding carboxylic acids is 2. The fourth-order valence-corrected chi connectivity index (χ4v) is 2.58. The number of carbonyl (C=O) groups is 2. The monoisotopic (exact) mass is 328 g/mol. The van der Waals surface area contributed by atoms with Crippen molar-refractivity contribution < 1.29 is 18.0 Å². The third-order valence-electron chi connectivity index (χ3n) is 3.37. The van der Waals surface area contributed by atoms with Crippen molar-refractivity contribution >= 4 is 21.8 Å². The zero-order chi connectivity index (χ0) is 16.2. The highest BCUT2D eigenvalue weighted by Gasteiger charge is 2.21. The predicted molar refractivity (Wildman–Crippen MR) is 80.5 cm³/mol. The molecule has 0 radical (unpaired) electrons. The Morgan fingerprint density at radius 2 is 1.95 bits per heavy atom. The van der Waals surface area contributed by atoms with Crippen LogP contribution in [0.1, 0.15) is 19.3 Å². The number of hydrogen-bond acceptors (Lipinski definition) is 5. The minimum Gasteiger partial charge on any atom is -0.345 e. The van der Waals surface area contributed by atoms with Gasteiger partial charge in [-0.25, -0.2) is 8.42 Å². The molecular formula is C13H20N4O4S. The van der Waals surface area contributed by atoms with Gasteiger partial charge in [-0.1, -0.05) is 6.08 Å². The van der Waals surface area contributed by atoms with Gasteiger partial charge in [-0.3, -0.25) is 15.0 Å². The molecule has 0 aliphatic carbocycles. The Morgan fingerprint density at radius 1 is 1.27 bits per heavy atom. The topological polar surface area (TPSA) is 98.8 Å². The second-order valence-corrected chi connectivity index (χ2v) is 7.08. The van der Waals surface area contributed by atoms with Crippen LogP contribution in [0.2, 0.25) is 0 Å². The first-order valence-corrected chi connectivity index (χ1v) is 8.92. The first-order chi connectivity index (χ1) is 10.3. The minimum atomic E-state index is -3.50. The average Bonchev–Trinajstić information content (AvgIpc) is 2.98. The van der Waals surface area contributed by atoms with E-state index in [0.717, 1.165) is 32.2 Å². The van der Waals surface area contributed by atoms with Gasteiger partial charge in [-0.2, -0.15) is 0 Å². The van der Waals surface area contributed by atoms with E-state index >= 15 is 0 Å². The van der Waals surface area contributed by atoms with Crippen LogP contribution in [0.3, 0.4) is 0 Å². The Balaban J connectivity index is 1.91. The van der Waals surface area contributed by atoms with Gasteiger partial charge in [-0.15, -0.1) is 4.83 Å². The highest BCUT2D eigenvalue weighted by atomic mass is 32.2. The second kappa shape index (κ2) is 6.93. The molecule has 2 aliphatic rings. The molecule has 2 aliphatic heterocycles. The standard InChI is InChI=1S/C13H20N4O4S/c1-22(20,21)15-14-13(19)11-5-4-6-16(9-11)10-12(18)17-7-2-3-8-17/h4,6,9,15H,2-3,5,7-8,10H2,1H3,(H,14,19). The van der Waals surface area contributed by atoms with Gasteiger partial charge in [0.2, 0.25) is 15.9 Å². The fraction of sp³-hybridized carbons (Fsp3) is 0.538. The molecule has 0 aromatic carbocycles. The Kier molecular flexibility index (Phi) is 5.19. The van der Waals surface area contributed by atoms with Gasteiger partial charge in [0.15, 0.2) is 0 Å². The molecular weight excluding hydrogens is 308 g/mol. The molecule has 0 aromatic rings. The lowest BCUT2D eigenvalue weighted by atomic mass is 10.1. The summed E-state index contributed by atoms with van der Waals surface area (Å²) in [6.07, 6.45) is 8.45. The summed E-state index contributed by atoms with van der Waals surface area (Å²) in [5.41, 5.74) is 2.50. The molecule has 0 saturated carbocycles. The number of hydrogen-bond donors (Lipinski definition) is 2. The molecule has 122 valence electrons. The van der Waals surface area contributed by atoms with Crippen LogP contribution >= 0.6 is 0 Å². The summed E-state index contributed by atoms with van der Waals surface area (Å²) in [6.45, 7) is 1.74. The number of allylic oxidation sites excluding steroid dienone is 1. The van der Waals surface area contributed by atoms with Crippen molar-refractivity contribution in [2.45, 2.75) is 19.3 Å². The number of amides is 2. The Bertz CT molecular complexity index is 606. The molecule has 0 spiro atoms. The van der Waals surface area contributed by atoms with Gasteiger partial charge < -0.3 is 9.80 Å². The lowest BCUT2D eigenvalue weighted by Crippen LogP contribution is -2.42. The van der Waals surface area contributed by atoms with Crippen molar-refractivity contribution in [2.75, 3.05) is 25.9 Å². The zero-order valence-corrected chi connectivity index (χ0v) is 13.2. The van der Waals surface area contributed by atoms with E-state index in [-0.39, 0.29) is 12.5 Å². The molecule has 1 fully saturated rings. The van der Waals surface area contributed by atoms with Crippen LogP contribution in [-0.2, 0) is 19.6 Å². The van der Waals surface area contributed by atoms with Crippen molar-refractivity contribution in [1.82, 2.24) is 20.1 Å². The highest BCUT2D eigenvalue weighted by molar-refractivity contribution is 7.88. The molecule has 8 nitrogen and oxygen atoms in total. The van der Waals surface area contributed by atoms with Crippen LogP contribution < -0.4 is 10.3 Å². The van der Waals surface area contributed by atoms with E-state index in [1.165, 1.54) is 0 Å². The smallest absolute Gasteiger partial charge is 0.263 e. The van der Waals surface area contributed by atoms with Gasteiger partial charge in [0, 0.05) is 31.1 Å². The van der Waals surface area contributed by atoms with Crippen molar-refractivity contribution in [3.05, 3.63) is 24.0 Å². The Hall–Kier alpha value is -1.87. The molecule has 2 amide bonds. The van der Waals surface area contributed by atoms with E-state index in [9.17, 15) is 18.0 Å². The SMILES string of the molecule is CS(=O)(=O)NNC(=O)C1=CN(CC(=O)N2CCCC2)C=CC1. The molecule has 0 unspecified atom stereocenters. The van der Waals surface area contributed by atoms with Crippen LogP contribution in [0.15, 0.2) is 24.0 Å². The third-order valence-corrected chi connectivity index (χ3v) is 3.85. The van der Waals surface area contributed by atoms with Gasteiger partial charge >= 0.3 is 0 Å². The van der Waals surface area contributed by atoms with E-state index in [2.05, 4.69) is 5.43 Å². The van der Waals surface area contributed by atoms with E-state index in [0.29, 0.717) is 12.0 Å². The maximum atomic E-state index is 12.1. The fourth-order valence-electron chi connectivity index (χ4n) is 2.30. The van der Waals surface area contributed by atoms with Crippen LogP contribution in [0.25, 0.3) is 0 Å². The normalized spacial score (nSPS) is 18.3. The van der Waals surface area contributed by atoms with Crippen molar-refractivity contribution in [2.24, 2.45) is 0 Å². The minimum absolute atomic E-state index is 0.0225. The van der Waals surface area contributed by atoms with Gasteiger partial charge in [0.05, 0.1) is 6.26 Å². The van der Waals surface area contributed by atoms with E-state index < -0.39 is 15.9 Å². The van der Waals surface area contributed by atoms with Crippen molar-refractivity contribution in [1.29, 1.82) is 0 Å². The van der Waals surface area contributed by atoms with Crippen LogP contribution in [0.5, 0.6) is 0 Å². The lowest BCUT2D eigenvalue weighted by molar-refractivity contribution is -0.130. The third kappa shape index (κ3) is 4.85. The molecule has 0 aromatic heterocycles. The van der Waals surface area contributed by atoms with Gasteiger partial charge in [-0.05, 0) is 19.3 Å². The molecule has 2 heterocycles. The molecule has 9 heteroatoms. The Labute approximate surface area is 129 Å². The first-order valence-electron chi connectivity index (χ1n) is 7.03. The summed E-state index contributed by atoms with van der Waals surface area (Å²) in [6, 6.07) is 0. The number of rotatable bonds is 5. The molecule has 2 rings (SSSR count).